The number of hydrogen-bond donors (Lipinski definition) is 2. The molecular formula is C16H16N2O3. The fraction of sp³-hybridized carbons (Fsp3) is 0.188. The molecule has 0 unspecified atom stereocenters. The molecule has 1 heterocycles. The lowest BCUT2D eigenvalue weighted by molar-refractivity contribution is -0.137. The molecule has 0 saturated carbocycles. The van der Waals surface area contributed by atoms with Crippen LogP contribution in [0.15, 0.2) is 54.9 Å². The molecule has 0 radical (unpaired) electrons. The van der Waals surface area contributed by atoms with Crippen LogP contribution in [-0.2, 0) is 4.79 Å². The first-order valence-electron chi connectivity index (χ1n) is 6.64. The molecule has 1 amide bonds. The van der Waals surface area contributed by atoms with E-state index in [0.717, 1.165) is 5.56 Å². The molecule has 0 spiro atoms. The van der Waals surface area contributed by atoms with Gasteiger partial charge < -0.3 is 10.4 Å². The van der Waals surface area contributed by atoms with Crippen molar-refractivity contribution in [1.29, 1.82) is 0 Å². The van der Waals surface area contributed by atoms with Crippen molar-refractivity contribution < 1.29 is 14.7 Å². The van der Waals surface area contributed by atoms with Crippen LogP contribution in [0.1, 0.15) is 34.8 Å². The molecule has 1 aromatic carbocycles. The highest BCUT2D eigenvalue weighted by Gasteiger charge is 2.16. The molecule has 0 aliphatic heterocycles. The van der Waals surface area contributed by atoms with Crippen LogP contribution >= 0.6 is 0 Å². The zero-order valence-electron chi connectivity index (χ0n) is 11.4. The van der Waals surface area contributed by atoms with Crippen molar-refractivity contribution in [2.75, 3.05) is 0 Å². The van der Waals surface area contributed by atoms with Crippen LogP contribution in [-0.4, -0.2) is 22.0 Å². The minimum Gasteiger partial charge on any atom is -0.481 e. The Bertz CT molecular complexity index is 599. The minimum atomic E-state index is -0.880. The Morgan fingerprint density at radius 2 is 1.76 bits per heavy atom. The zero-order chi connectivity index (χ0) is 15.1. The number of hydrogen-bond acceptors (Lipinski definition) is 3. The number of aromatic nitrogens is 1. The highest BCUT2D eigenvalue weighted by atomic mass is 16.4. The van der Waals surface area contributed by atoms with Gasteiger partial charge in [-0.15, -0.1) is 0 Å². The van der Waals surface area contributed by atoms with Gasteiger partial charge in [0, 0.05) is 24.4 Å². The van der Waals surface area contributed by atoms with Crippen LogP contribution in [0.4, 0.5) is 0 Å². The van der Waals surface area contributed by atoms with Gasteiger partial charge in [0.2, 0.25) is 0 Å². The summed E-state index contributed by atoms with van der Waals surface area (Å²) in [6.45, 7) is 0. The lowest BCUT2D eigenvalue weighted by atomic mass is 10.0. The Hall–Kier alpha value is -2.69. The molecule has 0 bridgehead atoms. The van der Waals surface area contributed by atoms with Gasteiger partial charge in [0.1, 0.15) is 0 Å². The molecule has 5 nitrogen and oxygen atoms in total. The van der Waals surface area contributed by atoms with Gasteiger partial charge in [-0.1, -0.05) is 30.3 Å². The second kappa shape index (κ2) is 7.19. The second-order valence-corrected chi connectivity index (χ2v) is 4.61. The molecular weight excluding hydrogens is 268 g/mol. The second-order valence-electron chi connectivity index (χ2n) is 4.61. The quantitative estimate of drug-likeness (QED) is 0.853. The number of nitrogens with one attached hydrogen (secondary N) is 1. The van der Waals surface area contributed by atoms with Gasteiger partial charge in [0.25, 0.3) is 5.91 Å². The van der Waals surface area contributed by atoms with Crippen molar-refractivity contribution in [3.63, 3.8) is 0 Å². The number of aliphatic carboxylic acids is 1. The number of carbonyl (C=O) groups excluding carboxylic acids is 1. The molecule has 5 heteroatoms. The first-order valence-corrected chi connectivity index (χ1v) is 6.64. The predicted molar refractivity (Wildman–Crippen MR) is 77.8 cm³/mol. The summed E-state index contributed by atoms with van der Waals surface area (Å²) in [6.07, 6.45) is 3.43. The first-order chi connectivity index (χ1) is 10.2. The molecule has 21 heavy (non-hydrogen) atoms. The van der Waals surface area contributed by atoms with Crippen molar-refractivity contribution in [2.24, 2.45) is 0 Å². The summed E-state index contributed by atoms with van der Waals surface area (Å²) >= 11 is 0. The summed E-state index contributed by atoms with van der Waals surface area (Å²) in [6, 6.07) is 12.3. The van der Waals surface area contributed by atoms with Gasteiger partial charge in [0.15, 0.2) is 0 Å². The molecule has 2 aromatic rings. The maximum atomic E-state index is 12.2. The van der Waals surface area contributed by atoms with E-state index in [-0.39, 0.29) is 18.4 Å². The Morgan fingerprint density at radius 1 is 1.10 bits per heavy atom. The third-order valence-electron chi connectivity index (χ3n) is 3.10. The normalized spacial score (nSPS) is 11.6. The van der Waals surface area contributed by atoms with Crippen molar-refractivity contribution in [3.05, 3.63) is 66.0 Å². The summed E-state index contributed by atoms with van der Waals surface area (Å²) < 4.78 is 0. The van der Waals surface area contributed by atoms with Crippen LogP contribution < -0.4 is 5.32 Å². The molecule has 2 N–H and O–H groups in total. The molecule has 108 valence electrons. The molecule has 1 aromatic heterocycles. The maximum Gasteiger partial charge on any atom is 0.303 e. The number of carbonyl (C=O) groups is 2. The number of nitrogens with zero attached hydrogens (tertiary/aromatic N) is 1. The third-order valence-corrected chi connectivity index (χ3v) is 3.10. The van der Waals surface area contributed by atoms with E-state index in [1.807, 2.05) is 30.3 Å². The van der Waals surface area contributed by atoms with Crippen molar-refractivity contribution >= 4 is 11.9 Å². The molecule has 1 atom stereocenters. The molecule has 2 rings (SSSR count). The standard InChI is InChI=1S/C16H16N2O3/c19-15(20)7-6-14(12-4-2-1-3-5-12)18-16(21)13-8-10-17-11-9-13/h1-5,8-11,14H,6-7H2,(H,18,21)(H,19,20)/t14-/m0/s1. The minimum absolute atomic E-state index is 0.00378. The van der Waals surface area contributed by atoms with Crippen LogP contribution in [0, 0.1) is 0 Å². The van der Waals surface area contributed by atoms with E-state index in [4.69, 9.17) is 5.11 Å². The van der Waals surface area contributed by atoms with E-state index >= 15 is 0 Å². The molecule has 0 aliphatic rings. The summed E-state index contributed by atoms with van der Waals surface area (Å²) in [7, 11) is 0. The van der Waals surface area contributed by atoms with Crippen LogP contribution in [0.2, 0.25) is 0 Å². The van der Waals surface area contributed by atoms with Crippen molar-refractivity contribution in [2.45, 2.75) is 18.9 Å². The van der Waals surface area contributed by atoms with Crippen LogP contribution in [0.3, 0.4) is 0 Å². The average molecular weight is 284 g/mol. The summed E-state index contributed by atoms with van der Waals surface area (Å²) in [5, 5.41) is 11.7. The predicted octanol–water partition coefficient (Wildman–Crippen LogP) is 2.42. The number of carboxylic acid groups (broad SMARTS) is 1. The Morgan fingerprint density at radius 3 is 2.38 bits per heavy atom. The zero-order valence-corrected chi connectivity index (χ0v) is 11.4. The number of amides is 1. The van der Waals surface area contributed by atoms with Gasteiger partial charge >= 0.3 is 5.97 Å². The smallest absolute Gasteiger partial charge is 0.303 e. The van der Waals surface area contributed by atoms with E-state index in [1.165, 1.54) is 0 Å². The van der Waals surface area contributed by atoms with Gasteiger partial charge in [-0.25, -0.2) is 0 Å². The van der Waals surface area contributed by atoms with E-state index in [0.29, 0.717) is 12.0 Å². The third kappa shape index (κ3) is 4.42. The molecule has 0 fully saturated rings. The maximum absolute atomic E-state index is 12.2. The van der Waals surface area contributed by atoms with Gasteiger partial charge in [-0.2, -0.15) is 0 Å². The van der Waals surface area contributed by atoms with E-state index in [2.05, 4.69) is 10.3 Å². The van der Waals surface area contributed by atoms with Crippen LogP contribution in [0.25, 0.3) is 0 Å². The topological polar surface area (TPSA) is 79.3 Å². The summed E-state index contributed by atoms with van der Waals surface area (Å²) in [4.78, 5) is 26.8. The number of carboxylic acids is 1. The van der Waals surface area contributed by atoms with E-state index < -0.39 is 5.97 Å². The molecule has 0 saturated heterocycles. The van der Waals surface area contributed by atoms with E-state index in [9.17, 15) is 9.59 Å². The van der Waals surface area contributed by atoms with Crippen molar-refractivity contribution in [3.8, 4) is 0 Å². The summed E-state index contributed by atoms with van der Waals surface area (Å²) in [5.74, 6) is -1.12. The highest BCUT2D eigenvalue weighted by molar-refractivity contribution is 5.94. The highest BCUT2D eigenvalue weighted by Crippen LogP contribution is 2.19. The van der Waals surface area contributed by atoms with Crippen molar-refractivity contribution in [1.82, 2.24) is 10.3 Å². The summed E-state index contributed by atoms with van der Waals surface area (Å²) in [5.41, 5.74) is 1.39. The average Bonchev–Trinajstić information content (AvgIpc) is 2.52. The number of rotatable bonds is 6. The van der Waals surface area contributed by atoms with Gasteiger partial charge in [0.05, 0.1) is 6.04 Å². The number of benzene rings is 1. The van der Waals surface area contributed by atoms with Gasteiger partial charge in [-0.3, -0.25) is 14.6 Å². The van der Waals surface area contributed by atoms with Crippen LogP contribution in [0.5, 0.6) is 0 Å². The van der Waals surface area contributed by atoms with Gasteiger partial charge in [-0.05, 0) is 24.1 Å². The number of pyridine rings is 1. The fourth-order valence-electron chi connectivity index (χ4n) is 2.02. The largest absolute Gasteiger partial charge is 0.481 e. The van der Waals surface area contributed by atoms with E-state index in [1.54, 1.807) is 24.5 Å². The Kier molecular flexibility index (Phi) is 5.04. The SMILES string of the molecule is O=C(O)CC[C@H](NC(=O)c1ccncc1)c1ccccc1. The monoisotopic (exact) mass is 284 g/mol. The lowest BCUT2D eigenvalue weighted by Crippen LogP contribution is -2.29. The fourth-order valence-corrected chi connectivity index (χ4v) is 2.02. The molecule has 0 aliphatic carbocycles. The first kappa shape index (κ1) is 14.7. The Balaban J connectivity index is 2.12. The lowest BCUT2D eigenvalue weighted by Gasteiger charge is -2.18. The Labute approximate surface area is 122 Å².